The Kier molecular flexibility index (Phi) is 2.13. The van der Waals surface area contributed by atoms with Gasteiger partial charge in [-0.05, 0) is 12.1 Å². The Morgan fingerprint density at radius 3 is 2.78 bits per heavy atom. The summed E-state index contributed by atoms with van der Waals surface area (Å²) in [5.74, 6) is -0.506. The molecule has 94 valence electrons. The summed E-state index contributed by atoms with van der Waals surface area (Å²) < 4.78 is 37.7. The maximum Gasteiger partial charge on any atom is 0.431 e. The first kappa shape index (κ1) is 11.1. The Labute approximate surface area is 100 Å². The van der Waals surface area contributed by atoms with E-state index >= 15 is 0 Å². The molecule has 2 aliphatic heterocycles. The van der Waals surface area contributed by atoms with Crippen LogP contribution >= 0.6 is 0 Å². The predicted octanol–water partition coefficient (Wildman–Crippen LogP) is 2.20. The number of nitrogens with zero attached hydrogens (tertiary/aromatic N) is 2. The van der Waals surface area contributed by atoms with Gasteiger partial charge in [0.05, 0.1) is 5.56 Å². The third-order valence-electron chi connectivity index (χ3n) is 2.93. The van der Waals surface area contributed by atoms with Gasteiger partial charge in [-0.25, -0.2) is 5.01 Å². The van der Waals surface area contributed by atoms with E-state index in [4.69, 9.17) is 0 Å². The van der Waals surface area contributed by atoms with Crippen molar-refractivity contribution in [3.05, 3.63) is 29.8 Å². The van der Waals surface area contributed by atoms with Crippen LogP contribution in [-0.4, -0.2) is 29.0 Å². The van der Waals surface area contributed by atoms with Gasteiger partial charge in [-0.1, -0.05) is 12.1 Å². The van der Waals surface area contributed by atoms with E-state index in [0.717, 1.165) is 5.01 Å². The van der Waals surface area contributed by atoms with Crippen molar-refractivity contribution in [1.82, 2.24) is 5.01 Å². The molecule has 7 heteroatoms. The van der Waals surface area contributed by atoms with Gasteiger partial charge < -0.3 is 5.32 Å². The normalized spacial score (nSPS) is 22.2. The third-order valence-corrected chi connectivity index (χ3v) is 2.93. The lowest BCUT2D eigenvalue weighted by Crippen LogP contribution is -2.42. The van der Waals surface area contributed by atoms with Gasteiger partial charge in [0.25, 0.3) is 5.91 Å². The number of carbonyl (C=O) groups excluding carboxylic acids is 1. The zero-order valence-corrected chi connectivity index (χ0v) is 9.03. The van der Waals surface area contributed by atoms with Crippen LogP contribution in [0.3, 0.4) is 0 Å². The lowest BCUT2D eigenvalue weighted by molar-refractivity contribution is -0.0600. The Bertz CT molecular complexity index is 553. The molecule has 2 heterocycles. The van der Waals surface area contributed by atoms with E-state index < -0.39 is 24.0 Å². The minimum Gasteiger partial charge on any atom is -0.363 e. The highest BCUT2D eigenvalue weighted by molar-refractivity contribution is 6.04. The van der Waals surface area contributed by atoms with Gasteiger partial charge in [-0.15, -0.1) is 0 Å². The number of hydrazone groups is 1. The molecule has 0 saturated carbocycles. The van der Waals surface area contributed by atoms with Crippen molar-refractivity contribution in [2.24, 2.45) is 5.10 Å². The topological polar surface area (TPSA) is 44.7 Å². The van der Waals surface area contributed by atoms with Gasteiger partial charge in [-0.2, -0.15) is 18.3 Å². The van der Waals surface area contributed by atoms with Gasteiger partial charge in [0, 0.05) is 12.1 Å². The number of hydrogen-bond donors (Lipinski definition) is 1. The highest BCUT2D eigenvalue weighted by atomic mass is 19.4. The summed E-state index contributed by atoms with van der Waals surface area (Å²) in [4.78, 5) is 12.0. The zero-order valence-electron chi connectivity index (χ0n) is 9.03. The number of anilines is 1. The number of halogens is 3. The summed E-state index contributed by atoms with van der Waals surface area (Å²) in [5.41, 5.74) is -0.0514. The fourth-order valence-corrected chi connectivity index (χ4v) is 2.08. The number of alkyl halides is 3. The largest absolute Gasteiger partial charge is 0.431 e. The van der Waals surface area contributed by atoms with Crippen molar-refractivity contribution >= 4 is 17.3 Å². The highest BCUT2D eigenvalue weighted by Crippen LogP contribution is 2.33. The van der Waals surface area contributed by atoms with Crippen LogP contribution < -0.4 is 5.32 Å². The second kappa shape index (κ2) is 3.47. The van der Waals surface area contributed by atoms with E-state index in [1.807, 2.05) is 0 Å². The second-order valence-electron chi connectivity index (χ2n) is 4.10. The smallest absolute Gasteiger partial charge is 0.363 e. The fourth-order valence-electron chi connectivity index (χ4n) is 2.08. The van der Waals surface area contributed by atoms with Crippen molar-refractivity contribution in [2.45, 2.75) is 18.8 Å². The fraction of sp³-hybridized carbons (Fsp3) is 0.273. The Balaban J connectivity index is 1.98. The maximum absolute atomic E-state index is 12.6. The molecule has 1 aromatic rings. The van der Waals surface area contributed by atoms with Crippen molar-refractivity contribution in [3.63, 3.8) is 0 Å². The predicted molar refractivity (Wildman–Crippen MR) is 58.1 cm³/mol. The number of benzene rings is 1. The molecule has 1 unspecified atom stereocenters. The van der Waals surface area contributed by atoms with Crippen LogP contribution in [0.15, 0.2) is 29.4 Å². The van der Waals surface area contributed by atoms with Crippen molar-refractivity contribution in [1.29, 1.82) is 0 Å². The molecular formula is C11H8F3N3O. The standard InChI is InChI=1S/C11H8F3N3O/c12-11(13,14)8-5-9-15-7-4-2-1-3-6(7)10(18)17(9)16-8/h1-4,9,15H,5H2. The average Bonchev–Trinajstić information content (AvgIpc) is 2.73. The summed E-state index contributed by atoms with van der Waals surface area (Å²) in [6, 6.07) is 6.59. The zero-order chi connectivity index (χ0) is 12.9. The van der Waals surface area contributed by atoms with Gasteiger partial charge in [0.2, 0.25) is 0 Å². The summed E-state index contributed by atoms with van der Waals surface area (Å²) >= 11 is 0. The molecule has 0 saturated heterocycles. The van der Waals surface area contributed by atoms with Crippen LogP contribution in [0.1, 0.15) is 16.8 Å². The molecule has 1 aromatic carbocycles. The van der Waals surface area contributed by atoms with Crippen LogP contribution in [0.4, 0.5) is 18.9 Å². The average molecular weight is 255 g/mol. The first-order valence-electron chi connectivity index (χ1n) is 5.30. The van der Waals surface area contributed by atoms with Crippen molar-refractivity contribution in [2.75, 3.05) is 5.32 Å². The molecule has 0 radical (unpaired) electrons. The van der Waals surface area contributed by atoms with E-state index in [9.17, 15) is 18.0 Å². The number of rotatable bonds is 0. The molecule has 18 heavy (non-hydrogen) atoms. The van der Waals surface area contributed by atoms with E-state index in [1.165, 1.54) is 0 Å². The highest BCUT2D eigenvalue weighted by Gasteiger charge is 2.46. The number of fused-ring (bicyclic) bond motifs is 2. The molecule has 4 nitrogen and oxygen atoms in total. The van der Waals surface area contributed by atoms with Crippen LogP contribution in [-0.2, 0) is 0 Å². The summed E-state index contributed by atoms with van der Waals surface area (Å²) in [7, 11) is 0. The number of carbonyl (C=O) groups is 1. The lowest BCUT2D eigenvalue weighted by Gasteiger charge is -2.29. The molecule has 1 atom stereocenters. The first-order chi connectivity index (χ1) is 8.47. The van der Waals surface area contributed by atoms with Gasteiger partial charge in [0.15, 0.2) is 0 Å². The van der Waals surface area contributed by atoms with E-state index in [1.54, 1.807) is 24.3 Å². The van der Waals surface area contributed by atoms with Gasteiger partial charge in [0.1, 0.15) is 11.9 Å². The summed E-state index contributed by atoms with van der Waals surface area (Å²) in [5, 5.41) is 7.12. The number of hydrogen-bond acceptors (Lipinski definition) is 3. The van der Waals surface area contributed by atoms with Crippen molar-refractivity contribution < 1.29 is 18.0 Å². The minimum absolute atomic E-state index is 0.330. The molecule has 0 aromatic heterocycles. The number of amides is 1. The molecule has 0 spiro atoms. The summed E-state index contributed by atoms with van der Waals surface area (Å²) in [6.45, 7) is 0. The van der Waals surface area contributed by atoms with E-state index in [-0.39, 0.29) is 6.42 Å². The first-order valence-corrected chi connectivity index (χ1v) is 5.30. The molecule has 0 bridgehead atoms. The van der Waals surface area contributed by atoms with Crippen molar-refractivity contribution in [3.8, 4) is 0 Å². The lowest BCUT2D eigenvalue weighted by atomic mass is 10.1. The van der Waals surface area contributed by atoms with Gasteiger partial charge in [-0.3, -0.25) is 4.79 Å². The van der Waals surface area contributed by atoms with Crippen LogP contribution in [0.25, 0.3) is 0 Å². The molecule has 0 fully saturated rings. The molecule has 1 N–H and O–H groups in total. The molecular weight excluding hydrogens is 247 g/mol. The maximum atomic E-state index is 12.6. The number of para-hydroxylation sites is 1. The molecule has 3 rings (SSSR count). The Morgan fingerprint density at radius 2 is 2.06 bits per heavy atom. The molecule has 0 aliphatic carbocycles. The molecule has 1 amide bonds. The quantitative estimate of drug-likeness (QED) is 0.772. The van der Waals surface area contributed by atoms with E-state index in [2.05, 4.69) is 10.4 Å². The van der Waals surface area contributed by atoms with E-state index in [0.29, 0.717) is 11.3 Å². The van der Waals surface area contributed by atoms with Crippen LogP contribution in [0.2, 0.25) is 0 Å². The van der Waals surface area contributed by atoms with Gasteiger partial charge >= 0.3 is 6.18 Å². The monoisotopic (exact) mass is 255 g/mol. The third kappa shape index (κ3) is 1.54. The SMILES string of the molecule is O=C1c2ccccc2NC2CC(C(F)(F)F)=NN12. The second-order valence-corrected chi connectivity index (χ2v) is 4.10. The van der Waals surface area contributed by atoms with Crippen LogP contribution in [0.5, 0.6) is 0 Å². The Hall–Kier alpha value is -2.05. The van der Waals surface area contributed by atoms with Crippen LogP contribution in [0, 0.1) is 0 Å². The number of nitrogens with one attached hydrogen (secondary N) is 1. The summed E-state index contributed by atoms with van der Waals surface area (Å²) in [6.07, 6.45) is -5.57. The molecule has 2 aliphatic rings. The minimum atomic E-state index is -4.49. The Morgan fingerprint density at radius 1 is 1.33 bits per heavy atom.